The number of alkyl halides is 3. The lowest BCUT2D eigenvalue weighted by Crippen LogP contribution is -2.59. The molecule has 0 amide bonds. The fourth-order valence-corrected chi connectivity index (χ4v) is 5.48. The van der Waals surface area contributed by atoms with Gasteiger partial charge in [-0.3, -0.25) is 0 Å². The van der Waals surface area contributed by atoms with Gasteiger partial charge in [-0.1, -0.05) is 12.8 Å². The normalized spacial score (nSPS) is 27.8. The number of phenolic OH excluding ortho intramolecular Hbond substituents is 1. The number of carbonyl (C=O) groups is 1. The Morgan fingerprint density at radius 2 is 1.87 bits per heavy atom. The van der Waals surface area contributed by atoms with Gasteiger partial charge in [0.15, 0.2) is 0 Å². The zero-order valence-electron chi connectivity index (χ0n) is 17.7. The minimum atomic E-state index is -5.08. The van der Waals surface area contributed by atoms with Gasteiger partial charge in [-0.15, -0.1) is 0 Å². The summed E-state index contributed by atoms with van der Waals surface area (Å²) in [6.07, 6.45) is 2.61. The zero-order valence-corrected chi connectivity index (χ0v) is 17.7. The van der Waals surface area contributed by atoms with Gasteiger partial charge >= 0.3 is 12.1 Å². The largest absolute Gasteiger partial charge is 0.506 e. The highest BCUT2D eigenvalue weighted by Gasteiger charge is 2.51. The molecule has 4 N–H and O–H groups in total. The average Bonchev–Trinajstić information content (AvgIpc) is 2.62. The Morgan fingerprint density at radius 1 is 1.20 bits per heavy atom. The van der Waals surface area contributed by atoms with Crippen LogP contribution in [0.4, 0.5) is 18.9 Å². The maximum Gasteiger partial charge on any atom is 0.490 e. The summed E-state index contributed by atoms with van der Waals surface area (Å²) in [5.41, 5.74) is 4.07. The first-order chi connectivity index (χ1) is 13.8. The maximum absolute atomic E-state index is 10.6. The molecule has 2 fully saturated rings. The number of piperidine rings is 1. The molecular weight excluding hydrogens is 397 g/mol. The van der Waals surface area contributed by atoms with Crippen molar-refractivity contribution in [1.29, 1.82) is 0 Å². The number of aliphatic carboxylic acids is 1. The van der Waals surface area contributed by atoms with E-state index in [1.165, 1.54) is 43.2 Å². The molecule has 4 rings (SSSR count). The highest BCUT2D eigenvalue weighted by atomic mass is 19.4. The summed E-state index contributed by atoms with van der Waals surface area (Å²) in [5, 5.41) is 25.0. The first-order valence-electron chi connectivity index (χ1n) is 10.5. The predicted octanol–water partition coefficient (Wildman–Crippen LogP) is 4.58. The van der Waals surface area contributed by atoms with Crippen LogP contribution in [0.3, 0.4) is 0 Å². The summed E-state index contributed by atoms with van der Waals surface area (Å²) in [7, 11) is 0. The van der Waals surface area contributed by atoms with Gasteiger partial charge in [0.25, 0.3) is 0 Å². The van der Waals surface area contributed by atoms with Gasteiger partial charge in [-0.05, 0) is 82.2 Å². The smallest absolute Gasteiger partial charge is 0.490 e. The molecule has 3 aliphatic rings. The summed E-state index contributed by atoms with van der Waals surface area (Å²) in [6, 6.07) is 4.95. The van der Waals surface area contributed by atoms with Crippen LogP contribution < -0.4 is 10.6 Å². The molecular formula is C22H31F3N2O3. The molecule has 1 saturated heterocycles. The fraction of sp³-hybridized carbons (Fsp3) is 0.682. The van der Waals surface area contributed by atoms with E-state index in [9.17, 15) is 18.3 Å². The Hall–Kier alpha value is -1.96. The van der Waals surface area contributed by atoms with E-state index in [0.717, 1.165) is 24.6 Å². The number of hydrogen-bond donors (Lipinski definition) is 4. The van der Waals surface area contributed by atoms with Crippen LogP contribution in [0.5, 0.6) is 5.75 Å². The molecule has 1 aliphatic heterocycles. The summed E-state index contributed by atoms with van der Waals surface area (Å²) in [5.74, 6) is -1.57. The molecule has 1 aromatic rings. The number of carboxylic acid groups (broad SMARTS) is 1. The second-order valence-electron chi connectivity index (χ2n) is 9.73. The molecule has 1 aromatic carbocycles. The number of rotatable bonds is 1. The minimum absolute atomic E-state index is 0.0415. The second-order valence-corrected chi connectivity index (χ2v) is 9.73. The van der Waals surface area contributed by atoms with Gasteiger partial charge in [-0.2, -0.15) is 13.2 Å². The molecule has 0 aromatic heterocycles. The lowest BCUT2D eigenvalue weighted by molar-refractivity contribution is -0.192. The van der Waals surface area contributed by atoms with Crippen molar-refractivity contribution in [1.82, 2.24) is 5.32 Å². The summed E-state index contributed by atoms with van der Waals surface area (Å²) < 4.78 is 31.7. The highest BCUT2D eigenvalue weighted by molar-refractivity contribution is 5.73. The predicted molar refractivity (Wildman–Crippen MR) is 109 cm³/mol. The number of halogens is 3. The Bertz CT molecular complexity index is 800. The number of fused-ring (bicyclic) bond motifs is 1. The van der Waals surface area contributed by atoms with Crippen molar-refractivity contribution >= 4 is 11.7 Å². The van der Waals surface area contributed by atoms with Gasteiger partial charge < -0.3 is 20.8 Å². The number of carboxylic acids is 1. The Morgan fingerprint density at radius 3 is 2.47 bits per heavy atom. The molecule has 2 bridgehead atoms. The molecule has 3 atom stereocenters. The summed E-state index contributed by atoms with van der Waals surface area (Å²) in [6.45, 7) is 7.54. The molecule has 30 heavy (non-hydrogen) atoms. The van der Waals surface area contributed by atoms with Crippen LogP contribution in [-0.2, 0) is 16.6 Å². The van der Waals surface area contributed by atoms with Gasteiger partial charge in [-0.25, -0.2) is 4.79 Å². The molecule has 0 spiro atoms. The summed E-state index contributed by atoms with van der Waals surface area (Å²) >= 11 is 0. The number of anilines is 1. The minimum Gasteiger partial charge on any atom is -0.506 e. The fourth-order valence-electron chi connectivity index (χ4n) is 5.48. The first-order valence-corrected chi connectivity index (χ1v) is 10.5. The summed E-state index contributed by atoms with van der Waals surface area (Å²) in [4.78, 5) is 8.90. The molecule has 0 unspecified atom stereocenters. The third-order valence-corrected chi connectivity index (χ3v) is 6.51. The molecule has 1 heterocycles. The number of aromatic hydroxyl groups is 1. The van der Waals surface area contributed by atoms with E-state index in [0.29, 0.717) is 17.2 Å². The SMILES string of the molecule is CC(C)(C)Nc1cc2c(cc1O)[C@]13CCCC[C@@H]1[C@H](C2)NCC3.O=C(O)C(F)(F)F. The Kier molecular flexibility index (Phi) is 6.02. The zero-order chi connectivity index (χ0) is 22.3. The van der Waals surface area contributed by atoms with Gasteiger partial charge in [0.1, 0.15) is 5.75 Å². The Labute approximate surface area is 175 Å². The number of benzene rings is 1. The van der Waals surface area contributed by atoms with E-state index in [2.05, 4.69) is 43.5 Å². The van der Waals surface area contributed by atoms with Crippen LogP contribution in [0.25, 0.3) is 0 Å². The van der Waals surface area contributed by atoms with Crippen LogP contribution >= 0.6 is 0 Å². The maximum atomic E-state index is 10.6. The van der Waals surface area contributed by atoms with E-state index >= 15 is 0 Å². The molecule has 168 valence electrons. The standard InChI is InChI=1S/C20H30N2O.C2HF3O2/c1-19(2,3)22-17-11-13-10-16-14-6-4-5-7-20(14,8-9-21-16)15(13)12-18(17)23;3-2(4,5)1(6)7/h11-12,14,16,21-23H,4-10H2,1-3H3;(H,6,7)/t14-,16+,20+;/m1./s1. The monoisotopic (exact) mass is 428 g/mol. The lowest BCUT2D eigenvalue weighted by atomic mass is 9.53. The number of nitrogens with one attached hydrogen (secondary N) is 2. The third-order valence-electron chi connectivity index (χ3n) is 6.51. The van der Waals surface area contributed by atoms with Crippen molar-refractivity contribution in [2.45, 2.75) is 82.5 Å². The van der Waals surface area contributed by atoms with Gasteiger partial charge in [0.2, 0.25) is 0 Å². The van der Waals surface area contributed by atoms with E-state index in [1.807, 2.05) is 0 Å². The molecule has 0 radical (unpaired) electrons. The highest BCUT2D eigenvalue weighted by Crippen LogP contribution is 2.55. The molecule has 2 aliphatic carbocycles. The lowest BCUT2D eigenvalue weighted by Gasteiger charge is -2.56. The van der Waals surface area contributed by atoms with E-state index < -0.39 is 12.1 Å². The second kappa shape index (κ2) is 7.94. The van der Waals surface area contributed by atoms with E-state index in [-0.39, 0.29) is 5.54 Å². The average molecular weight is 428 g/mol. The van der Waals surface area contributed by atoms with Crippen molar-refractivity contribution in [2.24, 2.45) is 5.92 Å². The topological polar surface area (TPSA) is 81.6 Å². The van der Waals surface area contributed by atoms with Crippen LogP contribution in [0, 0.1) is 5.92 Å². The van der Waals surface area contributed by atoms with Crippen LogP contribution in [-0.4, -0.2) is 40.5 Å². The van der Waals surface area contributed by atoms with Gasteiger partial charge in [0.05, 0.1) is 5.69 Å². The quantitative estimate of drug-likeness (QED) is 0.492. The van der Waals surface area contributed by atoms with E-state index in [4.69, 9.17) is 9.90 Å². The third kappa shape index (κ3) is 4.53. The molecule has 8 heteroatoms. The molecule has 5 nitrogen and oxygen atoms in total. The van der Waals surface area contributed by atoms with Crippen molar-refractivity contribution in [3.63, 3.8) is 0 Å². The number of hydrogen-bond acceptors (Lipinski definition) is 4. The molecule has 1 saturated carbocycles. The van der Waals surface area contributed by atoms with Crippen LogP contribution in [0.2, 0.25) is 0 Å². The van der Waals surface area contributed by atoms with Gasteiger partial charge in [0, 0.05) is 17.0 Å². The van der Waals surface area contributed by atoms with E-state index in [1.54, 1.807) is 0 Å². The van der Waals surface area contributed by atoms with Crippen LogP contribution in [0.1, 0.15) is 64.0 Å². The van der Waals surface area contributed by atoms with Crippen LogP contribution in [0.15, 0.2) is 12.1 Å². The van der Waals surface area contributed by atoms with Crippen molar-refractivity contribution in [3.8, 4) is 5.75 Å². The van der Waals surface area contributed by atoms with Crippen molar-refractivity contribution in [3.05, 3.63) is 23.3 Å². The number of phenols is 1. The Balaban J connectivity index is 0.000000318. The van der Waals surface area contributed by atoms with Crippen molar-refractivity contribution in [2.75, 3.05) is 11.9 Å². The van der Waals surface area contributed by atoms with Crippen molar-refractivity contribution < 1.29 is 28.2 Å². The first kappa shape index (κ1) is 22.7.